The second kappa shape index (κ2) is 6.54. The highest BCUT2D eigenvalue weighted by molar-refractivity contribution is 6.22. The number of benzene rings is 2. The maximum absolute atomic E-state index is 13.2. The van der Waals surface area contributed by atoms with Gasteiger partial charge in [-0.3, -0.25) is 19.3 Å². The van der Waals surface area contributed by atoms with E-state index in [0.717, 1.165) is 6.42 Å². The molecule has 0 spiro atoms. The van der Waals surface area contributed by atoms with Crippen LogP contribution in [0.25, 0.3) is 0 Å². The summed E-state index contributed by atoms with van der Waals surface area (Å²) in [6.45, 7) is 0. The third-order valence-electron chi connectivity index (χ3n) is 7.40. The monoisotopic (exact) mass is 414 g/mol. The minimum atomic E-state index is -0.258. The van der Waals surface area contributed by atoms with Gasteiger partial charge in [-0.25, -0.2) is 0 Å². The minimum Gasteiger partial charge on any atom is -0.497 e. The lowest BCUT2D eigenvalue weighted by Crippen LogP contribution is -2.40. The van der Waals surface area contributed by atoms with Crippen LogP contribution in [0.1, 0.15) is 16.8 Å². The molecular weight excluding hydrogens is 392 g/mol. The predicted octanol–water partition coefficient (Wildman–Crippen LogP) is 3.51. The molecule has 2 saturated carbocycles. The van der Waals surface area contributed by atoms with Gasteiger partial charge in [-0.2, -0.15) is 0 Å². The topological polar surface area (TPSA) is 75.7 Å². The van der Waals surface area contributed by atoms with Crippen molar-refractivity contribution in [3.05, 3.63) is 66.2 Å². The van der Waals surface area contributed by atoms with Crippen molar-refractivity contribution in [2.45, 2.75) is 6.42 Å². The number of imide groups is 1. The summed E-state index contributed by atoms with van der Waals surface area (Å²) in [5.41, 5.74) is 1.66. The highest BCUT2D eigenvalue weighted by Gasteiger charge is 2.67. The lowest BCUT2D eigenvalue weighted by atomic mass is 9.63. The molecule has 156 valence electrons. The van der Waals surface area contributed by atoms with Crippen molar-refractivity contribution >= 4 is 29.1 Å². The van der Waals surface area contributed by atoms with E-state index in [1.807, 2.05) is 0 Å². The van der Waals surface area contributed by atoms with Crippen LogP contribution >= 0.6 is 0 Å². The number of hydrogen-bond donors (Lipinski definition) is 1. The van der Waals surface area contributed by atoms with Crippen molar-refractivity contribution in [3.63, 3.8) is 0 Å². The van der Waals surface area contributed by atoms with E-state index in [-0.39, 0.29) is 41.4 Å². The Kier molecular flexibility index (Phi) is 3.88. The van der Waals surface area contributed by atoms with Gasteiger partial charge in [-0.15, -0.1) is 0 Å². The van der Waals surface area contributed by atoms with Crippen LogP contribution in [0.2, 0.25) is 0 Å². The molecule has 1 N–H and O–H groups in total. The Morgan fingerprint density at radius 2 is 1.48 bits per heavy atom. The number of hydrogen-bond acceptors (Lipinski definition) is 4. The van der Waals surface area contributed by atoms with Gasteiger partial charge in [0.05, 0.1) is 24.6 Å². The first-order chi connectivity index (χ1) is 15.1. The van der Waals surface area contributed by atoms with E-state index in [4.69, 9.17) is 4.74 Å². The van der Waals surface area contributed by atoms with E-state index in [9.17, 15) is 14.4 Å². The lowest BCUT2D eigenvalue weighted by molar-refractivity contribution is -0.124. The minimum absolute atomic E-state index is 0.0878. The van der Waals surface area contributed by atoms with Gasteiger partial charge in [0.2, 0.25) is 11.8 Å². The number of amides is 3. The summed E-state index contributed by atoms with van der Waals surface area (Å²) >= 11 is 0. The fourth-order valence-electron chi connectivity index (χ4n) is 5.85. The zero-order chi connectivity index (χ0) is 21.3. The Morgan fingerprint density at radius 1 is 0.903 bits per heavy atom. The van der Waals surface area contributed by atoms with Crippen molar-refractivity contribution in [1.29, 1.82) is 0 Å². The van der Waals surface area contributed by atoms with Crippen molar-refractivity contribution in [3.8, 4) is 5.75 Å². The summed E-state index contributed by atoms with van der Waals surface area (Å²) in [7, 11) is 1.59. The van der Waals surface area contributed by atoms with Crippen LogP contribution in [-0.2, 0) is 9.59 Å². The normalized spacial score (nSPS) is 32.0. The zero-order valence-corrected chi connectivity index (χ0v) is 17.0. The van der Waals surface area contributed by atoms with E-state index in [2.05, 4.69) is 17.5 Å². The molecule has 6 heteroatoms. The molecule has 1 heterocycles. The largest absolute Gasteiger partial charge is 0.497 e. The summed E-state index contributed by atoms with van der Waals surface area (Å²) in [4.78, 5) is 40.3. The SMILES string of the molecule is COc1ccc(NC(=O)c2ccc(N3C(=O)C4C5C=CC(C6CC56)C4C3=O)cc2)cc1. The third-order valence-corrected chi connectivity index (χ3v) is 7.40. The Labute approximate surface area is 179 Å². The van der Waals surface area contributed by atoms with Crippen LogP contribution in [0, 0.1) is 35.5 Å². The molecule has 4 aliphatic carbocycles. The van der Waals surface area contributed by atoms with E-state index in [0.29, 0.717) is 34.5 Å². The first-order valence-electron chi connectivity index (χ1n) is 10.7. The van der Waals surface area contributed by atoms with E-state index in [1.54, 1.807) is 55.6 Å². The Morgan fingerprint density at radius 3 is 2.03 bits per heavy atom. The summed E-state index contributed by atoms with van der Waals surface area (Å²) in [6, 6.07) is 13.8. The van der Waals surface area contributed by atoms with Crippen molar-refractivity contribution in [2.24, 2.45) is 35.5 Å². The number of carbonyl (C=O) groups excluding carboxylic acids is 3. The van der Waals surface area contributed by atoms with Gasteiger partial charge >= 0.3 is 0 Å². The van der Waals surface area contributed by atoms with Gasteiger partial charge in [0.1, 0.15) is 5.75 Å². The fraction of sp³-hybridized carbons (Fsp3) is 0.320. The number of nitrogens with one attached hydrogen (secondary N) is 1. The lowest BCUT2D eigenvalue weighted by Gasteiger charge is -2.37. The molecule has 3 amide bonds. The number of nitrogens with zero attached hydrogens (tertiary/aromatic N) is 1. The van der Waals surface area contributed by atoms with E-state index < -0.39 is 0 Å². The van der Waals surface area contributed by atoms with Crippen molar-refractivity contribution < 1.29 is 19.1 Å². The quantitative estimate of drug-likeness (QED) is 0.614. The molecule has 0 aromatic heterocycles. The smallest absolute Gasteiger partial charge is 0.255 e. The van der Waals surface area contributed by atoms with E-state index in [1.165, 1.54) is 4.90 Å². The van der Waals surface area contributed by atoms with Gasteiger partial charge < -0.3 is 10.1 Å². The number of ether oxygens (including phenoxy) is 1. The molecule has 6 nitrogen and oxygen atoms in total. The summed E-state index contributed by atoms with van der Waals surface area (Å²) in [6.07, 6.45) is 5.48. The highest BCUT2D eigenvalue weighted by atomic mass is 16.5. The molecule has 31 heavy (non-hydrogen) atoms. The van der Waals surface area contributed by atoms with Crippen LogP contribution in [0.3, 0.4) is 0 Å². The maximum atomic E-state index is 13.2. The van der Waals surface area contributed by atoms with Crippen LogP contribution in [0.5, 0.6) is 5.75 Å². The summed E-state index contributed by atoms with van der Waals surface area (Å²) < 4.78 is 5.12. The standard InChI is InChI=1S/C25H22N2O4/c1-31-16-8-4-14(5-9-16)26-23(28)13-2-6-15(7-3-13)27-24(29)21-17-10-11-18(20-12-19(17)20)22(21)25(27)30/h2-11,17-22H,12H2,1H3,(H,26,28). The number of methoxy groups -OCH3 is 1. The Hall–Kier alpha value is -3.41. The number of allylic oxidation sites excluding steroid dienone is 2. The van der Waals surface area contributed by atoms with Gasteiger partial charge in [-0.1, -0.05) is 12.2 Å². The molecular formula is C25H22N2O4. The number of anilines is 2. The van der Waals surface area contributed by atoms with Crippen LogP contribution < -0.4 is 15.0 Å². The molecule has 0 radical (unpaired) electrons. The third kappa shape index (κ3) is 2.67. The van der Waals surface area contributed by atoms with Crippen LogP contribution in [0.15, 0.2) is 60.7 Å². The van der Waals surface area contributed by atoms with Crippen LogP contribution in [0.4, 0.5) is 11.4 Å². The zero-order valence-electron chi connectivity index (χ0n) is 17.0. The van der Waals surface area contributed by atoms with Crippen molar-refractivity contribution in [1.82, 2.24) is 0 Å². The first kappa shape index (κ1) is 18.4. The van der Waals surface area contributed by atoms with Crippen LogP contribution in [-0.4, -0.2) is 24.8 Å². The molecule has 6 atom stereocenters. The van der Waals surface area contributed by atoms with Crippen molar-refractivity contribution in [2.75, 3.05) is 17.3 Å². The molecule has 2 aromatic rings. The molecule has 7 rings (SSSR count). The molecule has 1 aliphatic heterocycles. The van der Waals surface area contributed by atoms with E-state index >= 15 is 0 Å². The second-order valence-electron chi connectivity index (χ2n) is 8.90. The summed E-state index contributed by atoms with van der Waals surface area (Å²) in [5, 5.41) is 2.84. The average molecular weight is 414 g/mol. The van der Waals surface area contributed by atoms with Gasteiger partial charge in [0, 0.05) is 11.3 Å². The Balaban J connectivity index is 1.20. The van der Waals surface area contributed by atoms with Gasteiger partial charge in [-0.05, 0) is 78.6 Å². The molecule has 1 saturated heterocycles. The Bertz CT molecular complexity index is 1090. The predicted molar refractivity (Wildman–Crippen MR) is 115 cm³/mol. The molecule has 2 bridgehead atoms. The summed E-state index contributed by atoms with van der Waals surface area (Å²) in [5.74, 6) is 1.41. The first-order valence-corrected chi connectivity index (χ1v) is 10.7. The number of carbonyl (C=O) groups is 3. The fourth-order valence-corrected chi connectivity index (χ4v) is 5.85. The van der Waals surface area contributed by atoms with Gasteiger partial charge in [0.25, 0.3) is 5.91 Å². The number of rotatable bonds is 4. The molecule has 2 aromatic carbocycles. The molecule has 6 unspecified atom stereocenters. The van der Waals surface area contributed by atoms with Gasteiger partial charge in [0.15, 0.2) is 0 Å². The average Bonchev–Trinajstić information content (AvgIpc) is 3.58. The second-order valence-corrected chi connectivity index (χ2v) is 8.90. The molecule has 5 aliphatic rings. The molecule has 3 fully saturated rings. The highest BCUT2D eigenvalue weighted by Crippen LogP contribution is 2.65. The maximum Gasteiger partial charge on any atom is 0.255 e.